The summed E-state index contributed by atoms with van der Waals surface area (Å²) in [6.07, 6.45) is 0.469. The highest BCUT2D eigenvalue weighted by Crippen LogP contribution is 2.15. The largest absolute Gasteiger partial charge is 0.497 e. The Balaban J connectivity index is 1.85. The van der Waals surface area contributed by atoms with Gasteiger partial charge in [-0.25, -0.2) is 0 Å². The molecule has 0 radical (unpaired) electrons. The summed E-state index contributed by atoms with van der Waals surface area (Å²) >= 11 is 0. The van der Waals surface area contributed by atoms with Crippen molar-refractivity contribution in [2.45, 2.75) is 32.9 Å². The van der Waals surface area contributed by atoms with E-state index in [1.54, 1.807) is 7.11 Å². The van der Waals surface area contributed by atoms with Crippen LogP contribution in [0.3, 0.4) is 0 Å². The molecule has 24 heavy (non-hydrogen) atoms. The Morgan fingerprint density at radius 2 is 1.75 bits per heavy atom. The molecule has 2 aromatic rings. The normalized spacial score (nSPS) is 10.9. The zero-order valence-corrected chi connectivity index (χ0v) is 14.7. The topological polar surface area (TPSA) is 41.6 Å². The first-order chi connectivity index (χ1) is 11.6. The van der Waals surface area contributed by atoms with Crippen LogP contribution in [0.5, 0.6) is 5.75 Å². The molecule has 128 valence electrons. The van der Waals surface area contributed by atoms with Crippen LogP contribution < -0.4 is 10.1 Å². The molecule has 0 fully saturated rings. The van der Waals surface area contributed by atoms with E-state index in [9.17, 15) is 4.79 Å². The molecule has 0 atom stereocenters. The third kappa shape index (κ3) is 5.70. The number of hydrogen-bond acceptors (Lipinski definition) is 3. The molecule has 0 aromatic heterocycles. The Morgan fingerprint density at radius 3 is 2.33 bits per heavy atom. The van der Waals surface area contributed by atoms with Crippen molar-refractivity contribution in [3.05, 3.63) is 60.2 Å². The number of nitrogens with one attached hydrogen (secondary N) is 1. The van der Waals surface area contributed by atoms with Gasteiger partial charge in [0, 0.05) is 31.2 Å². The highest BCUT2D eigenvalue weighted by Gasteiger charge is 2.12. The predicted octanol–water partition coefficient (Wildman–Crippen LogP) is 3.93. The van der Waals surface area contributed by atoms with E-state index in [1.165, 1.54) is 5.56 Å². The number of anilines is 1. The molecule has 0 spiro atoms. The third-order valence-electron chi connectivity index (χ3n) is 3.96. The van der Waals surface area contributed by atoms with Crippen LogP contribution in [0, 0.1) is 0 Å². The van der Waals surface area contributed by atoms with Gasteiger partial charge >= 0.3 is 0 Å². The van der Waals surface area contributed by atoms with Gasteiger partial charge in [0.1, 0.15) is 5.75 Å². The fourth-order valence-electron chi connectivity index (χ4n) is 2.48. The standard InChI is InChI=1S/C20H26N2O2/c1-16(2)22(15-17-7-5-4-6-8-17)14-13-20(23)21-18-9-11-19(24-3)12-10-18/h4-12,16H,13-15H2,1-3H3,(H,21,23). The molecule has 1 amide bonds. The summed E-state index contributed by atoms with van der Waals surface area (Å²) in [6.45, 7) is 5.90. The summed E-state index contributed by atoms with van der Waals surface area (Å²) < 4.78 is 5.12. The van der Waals surface area contributed by atoms with Crippen LogP contribution in [0.25, 0.3) is 0 Å². The first-order valence-corrected chi connectivity index (χ1v) is 8.30. The van der Waals surface area contributed by atoms with E-state index in [0.717, 1.165) is 24.5 Å². The average Bonchev–Trinajstić information content (AvgIpc) is 2.60. The fourth-order valence-corrected chi connectivity index (χ4v) is 2.48. The summed E-state index contributed by atoms with van der Waals surface area (Å²) in [7, 11) is 1.63. The zero-order chi connectivity index (χ0) is 17.4. The van der Waals surface area contributed by atoms with E-state index in [2.05, 4.69) is 36.2 Å². The number of carbonyl (C=O) groups excluding carboxylic acids is 1. The highest BCUT2D eigenvalue weighted by molar-refractivity contribution is 5.90. The summed E-state index contributed by atoms with van der Waals surface area (Å²) in [5, 5.41) is 2.93. The lowest BCUT2D eigenvalue weighted by Crippen LogP contribution is -2.33. The Kier molecular flexibility index (Phi) is 6.82. The van der Waals surface area contributed by atoms with Crippen LogP contribution in [0.4, 0.5) is 5.69 Å². The van der Waals surface area contributed by atoms with E-state index in [1.807, 2.05) is 42.5 Å². The summed E-state index contributed by atoms with van der Waals surface area (Å²) in [6, 6.07) is 18.1. The van der Waals surface area contributed by atoms with Crippen LogP contribution in [0.1, 0.15) is 25.8 Å². The molecular weight excluding hydrogens is 300 g/mol. The van der Waals surface area contributed by atoms with E-state index in [4.69, 9.17) is 4.74 Å². The number of hydrogen-bond donors (Lipinski definition) is 1. The van der Waals surface area contributed by atoms with E-state index in [-0.39, 0.29) is 5.91 Å². The van der Waals surface area contributed by atoms with Crippen molar-refractivity contribution >= 4 is 11.6 Å². The Bertz CT molecular complexity index is 624. The number of nitrogens with zero attached hydrogens (tertiary/aromatic N) is 1. The Hall–Kier alpha value is -2.33. The van der Waals surface area contributed by atoms with Crippen molar-refractivity contribution in [3.63, 3.8) is 0 Å². The smallest absolute Gasteiger partial charge is 0.225 e. The van der Waals surface area contributed by atoms with Gasteiger partial charge in [0.15, 0.2) is 0 Å². The summed E-state index contributed by atoms with van der Waals surface area (Å²) in [5.74, 6) is 0.806. The lowest BCUT2D eigenvalue weighted by molar-refractivity contribution is -0.116. The first kappa shape index (κ1) is 18.0. The van der Waals surface area contributed by atoms with Crippen molar-refractivity contribution in [2.24, 2.45) is 0 Å². The Labute approximate surface area is 144 Å². The molecule has 0 heterocycles. The summed E-state index contributed by atoms with van der Waals surface area (Å²) in [5.41, 5.74) is 2.06. The Morgan fingerprint density at radius 1 is 1.08 bits per heavy atom. The quantitative estimate of drug-likeness (QED) is 0.799. The number of ether oxygens (including phenoxy) is 1. The number of carbonyl (C=O) groups is 1. The van der Waals surface area contributed by atoms with Crippen LogP contribution in [-0.2, 0) is 11.3 Å². The number of benzene rings is 2. The van der Waals surface area contributed by atoms with Crippen molar-refractivity contribution in [1.29, 1.82) is 0 Å². The van der Waals surface area contributed by atoms with Gasteiger partial charge in [0.25, 0.3) is 0 Å². The minimum Gasteiger partial charge on any atom is -0.497 e. The molecule has 0 bridgehead atoms. The molecule has 4 heteroatoms. The second kappa shape index (κ2) is 9.08. The second-order valence-corrected chi connectivity index (χ2v) is 6.08. The molecule has 0 saturated heterocycles. The molecule has 0 aliphatic carbocycles. The maximum atomic E-state index is 12.2. The zero-order valence-electron chi connectivity index (χ0n) is 14.7. The molecule has 0 aliphatic heterocycles. The minimum absolute atomic E-state index is 0.0267. The fraction of sp³-hybridized carbons (Fsp3) is 0.350. The van der Waals surface area contributed by atoms with Gasteiger partial charge in [-0.3, -0.25) is 9.69 Å². The van der Waals surface area contributed by atoms with Crippen LogP contribution in [0.15, 0.2) is 54.6 Å². The highest BCUT2D eigenvalue weighted by atomic mass is 16.5. The van der Waals surface area contributed by atoms with Gasteiger partial charge in [0.2, 0.25) is 5.91 Å². The van der Waals surface area contributed by atoms with E-state index >= 15 is 0 Å². The van der Waals surface area contributed by atoms with Gasteiger partial charge in [0.05, 0.1) is 7.11 Å². The molecule has 0 aliphatic rings. The second-order valence-electron chi connectivity index (χ2n) is 6.08. The van der Waals surface area contributed by atoms with E-state index in [0.29, 0.717) is 12.5 Å². The van der Waals surface area contributed by atoms with Gasteiger partial charge in [-0.1, -0.05) is 30.3 Å². The lowest BCUT2D eigenvalue weighted by atomic mass is 10.2. The number of amides is 1. The van der Waals surface area contributed by atoms with Gasteiger partial charge < -0.3 is 10.1 Å². The monoisotopic (exact) mass is 326 g/mol. The SMILES string of the molecule is COc1ccc(NC(=O)CCN(Cc2ccccc2)C(C)C)cc1. The molecule has 1 N–H and O–H groups in total. The van der Waals surface area contributed by atoms with Gasteiger partial charge in [-0.15, -0.1) is 0 Å². The molecule has 2 rings (SSSR count). The molecule has 0 saturated carbocycles. The van der Waals surface area contributed by atoms with Crippen molar-refractivity contribution in [3.8, 4) is 5.75 Å². The van der Waals surface area contributed by atoms with Gasteiger partial charge in [-0.2, -0.15) is 0 Å². The minimum atomic E-state index is 0.0267. The number of rotatable bonds is 8. The molecule has 2 aromatic carbocycles. The average molecular weight is 326 g/mol. The molecule has 0 unspecified atom stereocenters. The maximum Gasteiger partial charge on any atom is 0.225 e. The first-order valence-electron chi connectivity index (χ1n) is 8.30. The maximum absolute atomic E-state index is 12.2. The van der Waals surface area contributed by atoms with Crippen LogP contribution >= 0.6 is 0 Å². The van der Waals surface area contributed by atoms with Crippen molar-refractivity contribution in [2.75, 3.05) is 19.0 Å². The van der Waals surface area contributed by atoms with Crippen molar-refractivity contribution < 1.29 is 9.53 Å². The molecular formula is C20H26N2O2. The van der Waals surface area contributed by atoms with E-state index < -0.39 is 0 Å². The summed E-state index contributed by atoms with van der Waals surface area (Å²) in [4.78, 5) is 14.5. The third-order valence-corrected chi connectivity index (χ3v) is 3.96. The van der Waals surface area contributed by atoms with Crippen LogP contribution in [-0.4, -0.2) is 30.5 Å². The predicted molar refractivity (Wildman–Crippen MR) is 98.2 cm³/mol. The molecule has 4 nitrogen and oxygen atoms in total. The van der Waals surface area contributed by atoms with Crippen molar-refractivity contribution in [1.82, 2.24) is 4.90 Å². The van der Waals surface area contributed by atoms with Crippen LogP contribution in [0.2, 0.25) is 0 Å². The number of methoxy groups -OCH3 is 1. The van der Waals surface area contributed by atoms with Gasteiger partial charge in [-0.05, 0) is 43.7 Å². The lowest BCUT2D eigenvalue weighted by Gasteiger charge is -2.26.